The zero-order valence-corrected chi connectivity index (χ0v) is 6.13. The van der Waals surface area contributed by atoms with Crippen molar-refractivity contribution in [2.45, 2.75) is 0 Å². The van der Waals surface area contributed by atoms with Gasteiger partial charge < -0.3 is 4.90 Å². The van der Waals surface area contributed by atoms with Crippen LogP contribution in [0.15, 0.2) is 4.99 Å². The van der Waals surface area contributed by atoms with Crippen molar-refractivity contribution < 1.29 is 0 Å². The fourth-order valence-corrected chi connectivity index (χ4v) is 1.03. The van der Waals surface area contributed by atoms with Crippen LogP contribution in [0.1, 0.15) is 0 Å². The van der Waals surface area contributed by atoms with Crippen LogP contribution in [0.3, 0.4) is 0 Å². The van der Waals surface area contributed by atoms with E-state index in [0.29, 0.717) is 0 Å². The average Bonchev–Trinajstić information content (AvgIpc) is 2.14. The number of nitrogens with zero attached hydrogens (tertiary/aromatic N) is 2. The van der Waals surface area contributed by atoms with Crippen molar-refractivity contribution in [1.29, 1.82) is 0 Å². The van der Waals surface area contributed by atoms with Crippen LogP contribution in [-0.2, 0) is 0 Å². The van der Waals surface area contributed by atoms with E-state index in [1.165, 1.54) is 0 Å². The standard InChI is InChI=1S/C4H7IN2/c5-3-7-2-1-6-4-7/h4H,1-3H2. The fourth-order valence-electron chi connectivity index (χ4n) is 0.508. The van der Waals surface area contributed by atoms with E-state index in [4.69, 9.17) is 0 Å². The van der Waals surface area contributed by atoms with Gasteiger partial charge in [0.15, 0.2) is 0 Å². The molecule has 1 heterocycles. The Labute approximate surface area is 56.7 Å². The lowest BCUT2D eigenvalue weighted by atomic mass is 10.6. The van der Waals surface area contributed by atoms with Crippen LogP contribution in [0, 0.1) is 0 Å². The Morgan fingerprint density at radius 3 is 3.00 bits per heavy atom. The summed E-state index contributed by atoms with van der Waals surface area (Å²) in [6, 6.07) is 0. The molecule has 7 heavy (non-hydrogen) atoms. The molecule has 0 saturated carbocycles. The lowest BCUT2D eigenvalue weighted by Crippen LogP contribution is -2.16. The zero-order chi connectivity index (χ0) is 5.11. The molecule has 0 N–H and O–H groups in total. The molecule has 0 aromatic rings. The third kappa shape index (κ3) is 1.29. The Morgan fingerprint density at radius 1 is 1.86 bits per heavy atom. The molecule has 0 amide bonds. The number of aliphatic imine (C=N–C) groups is 1. The Morgan fingerprint density at radius 2 is 2.71 bits per heavy atom. The van der Waals surface area contributed by atoms with Crippen LogP contribution in [0.5, 0.6) is 0 Å². The summed E-state index contributed by atoms with van der Waals surface area (Å²) in [5, 5.41) is 0. The number of hydrogen-bond acceptors (Lipinski definition) is 2. The molecule has 0 spiro atoms. The number of hydrogen-bond donors (Lipinski definition) is 0. The molecule has 0 aromatic carbocycles. The van der Waals surface area contributed by atoms with Gasteiger partial charge in [0.1, 0.15) is 0 Å². The first-order valence-corrected chi connectivity index (χ1v) is 3.76. The van der Waals surface area contributed by atoms with E-state index in [2.05, 4.69) is 32.5 Å². The number of rotatable bonds is 1. The van der Waals surface area contributed by atoms with Gasteiger partial charge in [0.25, 0.3) is 0 Å². The average molecular weight is 210 g/mol. The van der Waals surface area contributed by atoms with Gasteiger partial charge in [-0.05, 0) is 0 Å². The van der Waals surface area contributed by atoms with E-state index in [0.717, 1.165) is 17.6 Å². The minimum Gasteiger partial charge on any atom is -0.352 e. The molecular formula is C4H7IN2. The van der Waals surface area contributed by atoms with Gasteiger partial charge in [-0.15, -0.1) is 0 Å². The van der Waals surface area contributed by atoms with Crippen molar-refractivity contribution >= 4 is 28.9 Å². The molecule has 2 nitrogen and oxygen atoms in total. The summed E-state index contributed by atoms with van der Waals surface area (Å²) in [5.74, 6) is 0. The monoisotopic (exact) mass is 210 g/mol. The fraction of sp³-hybridized carbons (Fsp3) is 0.750. The molecular weight excluding hydrogens is 203 g/mol. The second-order valence-corrected chi connectivity index (χ2v) is 2.14. The highest BCUT2D eigenvalue weighted by molar-refractivity contribution is 14.1. The molecule has 0 bridgehead atoms. The number of alkyl halides is 1. The van der Waals surface area contributed by atoms with Crippen molar-refractivity contribution in [3.05, 3.63) is 0 Å². The summed E-state index contributed by atoms with van der Waals surface area (Å²) in [5.41, 5.74) is 0. The van der Waals surface area contributed by atoms with Gasteiger partial charge in [-0.3, -0.25) is 4.99 Å². The smallest absolute Gasteiger partial charge is 0.0857 e. The molecule has 0 aromatic heterocycles. The van der Waals surface area contributed by atoms with Crippen LogP contribution in [0.2, 0.25) is 0 Å². The summed E-state index contributed by atoms with van der Waals surface area (Å²) >= 11 is 2.32. The first-order chi connectivity index (χ1) is 3.43. The second kappa shape index (κ2) is 2.49. The Kier molecular flexibility index (Phi) is 1.90. The minimum absolute atomic E-state index is 0.989. The predicted molar refractivity (Wildman–Crippen MR) is 39.0 cm³/mol. The molecule has 0 aliphatic carbocycles. The molecule has 1 aliphatic heterocycles. The van der Waals surface area contributed by atoms with Gasteiger partial charge in [-0.25, -0.2) is 0 Å². The zero-order valence-electron chi connectivity index (χ0n) is 3.97. The molecule has 1 aliphatic rings. The van der Waals surface area contributed by atoms with Gasteiger partial charge in [0, 0.05) is 6.54 Å². The third-order valence-corrected chi connectivity index (χ3v) is 1.79. The van der Waals surface area contributed by atoms with Crippen LogP contribution in [0.25, 0.3) is 0 Å². The van der Waals surface area contributed by atoms with E-state index in [-0.39, 0.29) is 0 Å². The van der Waals surface area contributed by atoms with Gasteiger partial charge >= 0.3 is 0 Å². The van der Waals surface area contributed by atoms with E-state index >= 15 is 0 Å². The summed E-state index contributed by atoms with van der Waals surface area (Å²) < 4.78 is 1.07. The SMILES string of the molecule is ICN1C=NCC1. The Balaban J connectivity index is 2.28. The predicted octanol–water partition coefficient (Wildman–Crippen LogP) is 0.723. The maximum atomic E-state index is 4.03. The highest BCUT2D eigenvalue weighted by Gasteiger charge is 1.99. The van der Waals surface area contributed by atoms with Crippen molar-refractivity contribution in [2.24, 2.45) is 4.99 Å². The largest absolute Gasteiger partial charge is 0.352 e. The lowest BCUT2D eigenvalue weighted by molar-refractivity contribution is 0.559. The van der Waals surface area contributed by atoms with Crippen molar-refractivity contribution in [3.63, 3.8) is 0 Å². The molecule has 40 valence electrons. The van der Waals surface area contributed by atoms with Crippen LogP contribution >= 0.6 is 22.6 Å². The molecule has 0 saturated heterocycles. The molecule has 0 atom stereocenters. The van der Waals surface area contributed by atoms with E-state index in [9.17, 15) is 0 Å². The quantitative estimate of drug-likeness (QED) is 0.353. The van der Waals surface area contributed by atoms with Crippen molar-refractivity contribution in [3.8, 4) is 0 Å². The van der Waals surface area contributed by atoms with Gasteiger partial charge in [0.2, 0.25) is 0 Å². The number of halogens is 1. The topological polar surface area (TPSA) is 15.6 Å². The summed E-state index contributed by atoms with van der Waals surface area (Å²) in [4.78, 5) is 6.21. The van der Waals surface area contributed by atoms with E-state index in [1.807, 2.05) is 6.34 Å². The summed E-state index contributed by atoms with van der Waals surface area (Å²) in [6.07, 6.45) is 1.91. The maximum absolute atomic E-state index is 4.03. The third-order valence-electron chi connectivity index (χ3n) is 0.915. The van der Waals surface area contributed by atoms with Crippen LogP contribution < -0.4 is 0 Å². The molecule has 0 radical (unpaired) electrons. The molecule has 0 fully saturated rings. The van der Waals surface area contributed by atoms with Crippen LogP contribution in [0.4, 0.5) is 0 Å². The highest BCUT2D eigenvalue weighted by Crippen LogP contribution is 1.95. The Hall–Kier alpha value is 0.200. The van der Waals surface area contributed by atoms with Gasteiger partial charge in [0.05, 0.1) is 17.4 Å². The lowest BCUT2D eigenvalue weighted by Gasteiger charge is -2.05. The summed E-state index contributed by atoms with van der Waals surface area (Å²) in [6.45, 7) is 2.10. The van der Waals surface area contributed by atoms with Gasteiger partial charge in [-0.2, -0.15) is 0 Å². The Bertz CT molecular complexity index is 81.8. The van der Waals surface area contributed by atoms with Gasteiger partial charge in [-0.1, -0.05) is 22.6 Å². The minimum atomic E-state index is 0.989. The summed E-state index contributed by atoms with van der Waals surface area (Å²) in [7, 11) is 0. The van der Waals surface area contributed by atoms with Crippen molar-refractivity contribution in [2.75, 3.05) is 17.6 Å². The van der Waals surface area contributed by atoms with Crippen molar-refractivity contribution in [1.82, 2.24) is 4.90 Å². The van der Waals surface area contributed by atoms with E-state index < -0.39 is 0 Å². The maximum Gasteiger partial charge on any atom is 0.0857 e. The first-order valence-electron chi connectivity index (χ1n) is 2.23. The first kappa shape index (κ1) is 5.34. The molecule has 0 unspecified atom stereocenters. The van der Waals surface area contributed by atoms with E-state index in [1.54, 1.807) is 0 Å². The second-order valence-electron chi connectivity index (χ2n) is 1.45. The normalized spacial score (nSPS) is 18.7. The molecule has 1 rings (SSSR count). The molecule has 3 heteroatoms. The van der Waals surface area contributed by atoms with Crippen LogP contribution in [-0.4, -0.2) is 28.9 Å². The highest BCUT2D eigenvalue weighted by atomic mass is 127.